The molecular formula is C25H25F3N4O4S2. The number of aryl methyl sites for hydroxylation is 1. The van der Waals surface area contributed by atoms with Crippen molar-refractivity contribution in [2.45, 2.75) is 61.7 Å². The summed E-state index contributed by atoms with van der Waals surface area (Å²) in [5.41, 5.74) is 3.06. The molecule has 0 radical (unpaired) electrons. The van der Waals surface area contributed by atoms with Gasteiger partial charge in [-0.2, -0.15) is 26.0 Å². The first-order valence-electron chi connectivity index (χ1n) is 12.2. The molecule has 5 rings (SSSR count). The lowest BCUT2D eigenvalue weighted by atomic mass is 9.83. The average Bonchev–Trinajstić information content (AvgIpc) is 3.45. The van der Waals surface area contributed by atoms with Gasteiger partial charge in [0.2, 0.25) is 0 Å². The average molecular weight is 567 g/mol. The molecule has 2 aromatic carbocycles. The molecule has 0 spiro atoms. The molecule has 1 fully saturated rings. The highest BCUT2D eigenvalue weighted by Crippen LogP contribution is 2.43. The summed E-state index contributed by atoms with van der Waals surface area (Å²) in [6.45, 7) is 0.919. The Morgan fingerprint density at radius 1 is 1.05 bits per heavy atom. The molecule has 1 aliphatic carbocycles. The van der Waals surface area contributed by atoms with Crippen molar-refractivity contribution >= 4 is 32.7 Å². The maximum Gasteiger partial charge on any atom is 0.493 e. The van der Waals surface area contributed by atoms with Crippen LogP contribution in [0.1, 0.15) is 60.9 Å². The highest BCUT2D eigenvalue weighted by Gasteiger charge is 2.46. The number of hydrogen-bond acceptors (Lipinski definition) is 8. The molecule has 0 amide bonds. The van der Waals surface area contributed by atoms with Crippen molar-refractivity contribution in [2.75, 3.05) is 11.0 Å². The van der Waals surface area contributed by atoms with Crippen LogP contribution in [0.5, 0.6) is 0 Å². The van der Waals surface area contributed by atoms with Crippen LogP contribution in [-0.2, 0) is 26.1 Å². The molecule has 1 aromatic heterocycles. The Morgan fingerprint density at radius 3 is 2.53 bits per heavy atom. The van der Waals surface area contributed by atoms with Crippen LogP contribution in [0, 0.1) is 0 Å². The maximum atomic E-state index is 13.4. The number of piperidine rings is 1. The van der Waals surface area contributed by atoms with E-state index in [4.69, 9.17) is 0 Å². The van der Waals surface area contributed by atoms with Crippen LogP contribution in [0.15, 0.2) is 59.8 Å². The van der Waals surface area contributed by atoms with E-state index in [0.717, 1.165) is 56.1 Å². The summed E-state index contributed by atoms with van der Waals surface area (Å²) in [5, 5.41) is -0.516. The summed E-state index contributed by atoms with van der Waals surface area (Å²) in [4.78, 5) is 21.7. The number of rotatable bonds is 6. The number of halogens is 3. The first-order valence-corrected chi connectivity index (χ1v) is 14.4. The van der Waals surface area contributed by atoms with Crippen molar-refractivity contribution in [1.82, 2.24) is 14.3 Å². The summed E-state index contributed by atoms with van der Waals surface area (Å²) < 4.78 is 69.1. The lowest BCUT2D eigenvalue weighted by Crippen LogP contribution is -2.39. The summed E-state index contributed by atoms with van der Waals surface area (Å²) in [6, 6.07) is 15.2. The van der Waals surface area contributed by atoms with Gasteiger partial charge in [0.15, 0.2) is 0 Å². The van der Waals surface area contributed by atoms with Gasteiger partial charge in [0.25, 0.3) is 15.2 Å². The lowest BCUT2D eigenvalue weighted by molar-refractivity contribution is -0.199. The van der Waals surface area contributed by atoms with Crippen molar-refractivity contribution in [3.05, 3.63) is 71.5 Å². The molecule has 3 aromatic rings. The molecule has 2 atom stereocenters. The monoisotopic (exact) mass is 566 g/mol. The zero-order chi connectivity index (χ0) is 26.9. The number of anilines is 1. The molecule has 8 nitrogen and oxygen atoms in total. The van der Waals surface area contributed by atoms with Crippen LogP contribution in [-0.4, -0.2) is 41.4 Å². The zero-order valence-corrected chi connectivity index (χ0v) is 21.8. The van der Waals surface area contributed by atoms with Crippen LogP contribution in [0.3, 0.4) is 0 Å². The molecule has 0 saturated carbocycles. The highest BCUT2D eigenvalue weighted by atomic mass is 32.2. The topological polar surface area (TPSA) is 92.7 Å². The molecule has 1 aliphatic heterocycles. The van der Waals surface area contributed by atoms with E-state index in [0.29, 0.717) is 18.0 Å². The van der Waals surface area contributed by atoms with E-state index >= 15 is 0 Å². The first kappa shape index (κ1) is 26.6. The predicted molar refractivity (Wildman–Crippen MR) is 134 cm³/mol. The van der Waals surface area contributed by atoms with E-state index in [1.165, 1.54) is 17.7 Å². The molecule has 1 saturated heterocycles. The van der Waals surface area contributed by atoms with Gasteiger partial charge in [-0.1, -0.05) is 47.3 Å². The van der Waals surface area contributed by atoms with E-state index in [2.05, 4.69) is 31.2 Å². The number of hydrogen-bond donors (Lipinski definition) is 0. The van der Waals surface area contributed by atoms with Crippen molar-refractivity contribution in [1.29, 1.82) is 0 Å². The van der Waals surface area contributed by atoms with E-state index < -0.39 is 27.3 Å². The van der Waals surface area contributed by atoms with E-state index in [-0.39, 0.29) is 21.4 Å². The van der Waals surface area contributed by atoms with Gasteiger partial charge in [-0.3, -0.25) is 4.90 Å². The standard InChI is InChI=1S/C25H25F3N4O4S2/c26-25(27,28)23(33)36-32(24-29-16-30-37-24)38(34,35)19-12-13-20-18(15-19)9-6-11-22(20)31-14-5-4-10-21(31)17-7-2-1-3-8-17/h1-3,7-8,12-13,15-16,21-22H,4-6,9-11,14H2/t21-,22+/m0/s1. The van der Waals surface area contributed by atoms with Crippen molar-refractivity contribution < 1.29 is 31.2 Å². The number of alkyl halides is 3. The largest absolute Gasteiger partial charge is 0.493 e. The van der Waals surface area contributed by atoms with E-state index in [9.17, 15) is 26.4 Å². The van der Waals surface area contributed by atoms with Gasteiger partial charge in [-0.25, -0.2) is 9.78 Å². The maximum absolute atomic E-state index is 13.4. The SMILES string of the molecule is O=C(ON(c1ncns1)S(=O)(=O)c1ccc2c(c1)CCC[C@H]2N1CCCC[C@H]1c1ccccc1)C(F)(F)F. The molecule has 13 heteroatoms. The van der Waals surface area contributed by atoms with Crippen LogP contribution < -0.4 is 4.47 Å². The number of carbonyl (C=O) groups excluding carboxylic acids is 1. The minimum atomic E-state index is -5.40. The molecule has 2 heterocycles. The minimum absolute atomic E-state index is 0.0864. The van der Waals surface area contributed by atoms with Gasteiger partial charge >= 0.3 is 12.1 Å². The first-order chi connectivity index (χ1) is 18.2. The summed E-state index contributed by atoms with van der Waals surface area (Å²) >= 11 is 0.486. The fourth-order valence-electron chi connectivity index (χ4n) is 5.29. The zero-order valence-electron chi connectivity index (χ0n) is 20.2. The Bertz CT molecular complexity index is 1390. The van der Waals surface area contributed by atoms with E-state index in [1.54, 1.807) is 6.07 Å². The van der Waals surface area contributed by atoms with Crippen LogP contribution in [0.25, 0.3) is 0 Å². The normalized spacial score (nSPS) is 20.5. The summed E-state index contributed by atoms with van der Waals surface area (Å²) in [5.74, 6) is -2.67. The molecule has 0 N–H and O–H groups in total. The van der Waals surface area contributed by atoms with Crippen LogP contribution >= 0.6 is 11.5 Å². The number of benzene rings is 2. The minimum Gasteiger partial charge on any atom is -0.314 e. The number of carbonyl (C=O) groups is 1. The van der Waals surface area contributed by atoms with Crippen molar-refractivity contribution in [3.63, 3.8) is 0 Å². The van der Waals surface area contributed by atoms with Gasteiger partial charge in [0, 0.05) is 23.6 Å². The molecule has 2 aliphatic rings. The Kier molecular flexibility index (Phi) is 7.43. The van der Waals surface area contributed by atoms with Gasteiger partial charge < -0.3 is 4.84 Å². The van der Waals surface area contributed by atoms with Crippen LogP contribution in [0.2, 0.25) is 0 Å². The molecular weight excluding hydrogens is 541 g/mol. The van der Waals surface area contributed by atoms with Crippen molar-refractivity contribution in [2.24, 2.45) is 0 Å². The third kappa shape index (κ3) is 5.27. The smallest absolute Gasteiger partial charge is 0.314 e. The Labute approximate surface area is 222 Å². The molecule has 0 bridgehead atoms. The fourth-order valence-corrected chi connectivity index (χ4v) is 7.21. The summed E-state index contributed by atoms with van der Waals surface area (Å²) in [7, 11) is -4.72. The Balaban J connectivity index is 1.48. The fraction of sp³-hybridized carbons (Fsp3) is 0.400. The molecule has 0 unspecified atom stereocenters. The number of fused-ring (bicyclic) bond motifs is 1. The quantitative estimate of drug-likeness (QED) is 0.371. The number of aromatic nitrogens is 2. The third-order valence-corrected chi connectivity index (χ3v) is 9.23. The van der Waals surface area contributed by atoms with Crippen LogP contribution in [0.4, 0.5) is 18.3 Å². The number of likely N-dealkylation sites (tertiary alicyclic amines) is 1. The second-order valence-corrected chi connectivity index (χ2v) is 11.8. The lowest BCUT2D eigenvalue weighted by Gasteiger charge is -2.44. The number of nitrogens with zero attached hydrogens (tertiary/aromatic N) is 4. The van der Waals surface area contributed by atoms with E-state index in [1.807, 2.05) is 18.2 Å². The Hall–Kier alpha value is -3.03. The summed E-state index contributed by atoms with van der Waals surface area (Å²) in [6.07, 6.45) is 1.18. The second kappa shape index (κ2) is 10.6. The number of sulfonamides is 1. The van der Waals surface area contributed by atoms with Gasteiger partial charge in [-0.15, -0.1) is 0 Å². The highest BCUT2D eigenvalue weighted by molar-refractivity contribution is 7.92. The molecule has 202 valence electrons. The van der Waals surface area contributed by atoms with Gasteiger partial charge in [-0.05, 0) is 67.5 Å². The third-order valence-electron chi connectivity index (χ3n) is 6.95. The predicted octanol–water partition coefficient (Wildman–Crippen LogP) is 5.36. The second-order valence-electron chi connectivity index (χ2n) is 9.26. The Morgan fingerprint density at radius 2 is 1.82 bits per heavy atom. The van der Waals surface area contributed by atoms with Gasteiger partial charge in [0.1, 0.15) is 6.33 Å². The van der Waals surface area contributed by atoms with Crippen molar-refractivity contribution in [3.8, 4) is 0 Å². The van der Waals surface area contributed by atoms with Gasteiger partial charge in [0.05, 0.1) is 4.90 Å². The molecule has 38 heavy (non-hydrogen) atoms.